The lowest BCUT2D eigenvalue weighted by atomic mass is 9.89. The zero-order valence-electron chi connectivity index (χ0n) is 27.6. The van der Waals surface area contributed by atoms with Crippen molar-refractivity contribution in [2.45, 2.75) is 171 Å². The molecule has 4 rings (SSSR count). The van der Waals surface area contributed by atoms with Crippen LogP contribution < -0.4 is 0 Å². The summed E-state index contributed by atoms with van der Waals surface area (Å²) < 4.78 is 35.0. The van der Waals surface area contributed by atoms with Crippen LogP contribution in [0.15, 0.2) is 0 Å². The highest BCUT2D eigenvalue weighted by Gasteiger charge is 2.54. The van der Waals surface area contributed by atoms with Gasteiger partial charge in [0.2, 0.25) is 0 Å². The summed E-state index contributed by atoms with van der Waals surface area (Å²) in [5.74, 6) is -3.20. The number of esters is 2. The van der Waals surface area contributed by atoms with E-state index < -0.39 is 105 Å². The van der Waals surface area contributed by atoms with Crippen molar-refractivity contribution in [1.82, 2.24) is 0 Å². The fourth-order valence-electron chi connectivity index (χ4n) is 7.03. The number of fused-ring (bicyclic) bond motifs is 3. The predicted octanol–water partition coefficient (Wildman–Crippen LogP) is 0.829. The van der Waals surface area contributed by atoms with Gasteiger partial charge in [-0.05, 0) is 26.2 Å². The standard InChI is InChI=1S/C33H56O14/c1-18-14-12-10-8-6-4-3-5-7-9-11-13-15-20-23(19(2)30(40)43-20)31(41)46-28-26(38)24(36)22(17-35)45-33(28)47-29-27(39)25(37)21(16-34)44-32(29)42-18/h18-29,32-39H,3-17H2,1-2H3/t18-,19-,20+,21-,22-,23?,24-,25-,26+,27+,28-,29-,32?,33+/m1/s1. The fraction of sp³-hybridized carbons (Fsp3) is 0.939. The van der Waals surface area contributed by atoms with Gasteiger partial charge in [-0.15, -0.1) is 0 Å². The molecule has 14 nitrogen and oxygen atoms in total. The normalized spacial score (nSPS) is 44.2. The molecule has 4 aliphatic rings. The SMILES string of the molecule is C[C@@H]1CCCCCCCCCCCCC[C@@H]2OC(=O)[C@H](C)C2C(=O)O[C@H]2[C@@H](O[C@H](CO)[C@@H](O)[C@@H]2O)O[C@H]2C(O1)O[C@H](CO)[C@@H](O)[C@@H]2O. The third-order valence-corrected chi connectivity index (χ3v) is 10.0. The van der Waals surface area contributed by atoms with Gasteiger partial charge in [0, 0.05) is 0 Å². The van der Waals surface area contributed by atoms with Gasteiger partial charge < -0.3 is 59.1 Å². The molecule has 0 saturated carbocycles. The first kappa shape index (κ1) is 38.3. The fourth-order valence-corrected chi connectivity index (χ4v) is 7.03. The molecule has 0 aromatic rings. The Morgan fingerprint density at radius 2 is 1.02 bits per heavy atom. The molecule has 47 heavy (non-hydrogen) atoms. The quantitative estimate of drug-likeness (QED) is 0.224. The van der Waals surface area contributed by atoms with Crippen LogP contribution in [-0.4, -0.2) is 129 Å². The first-order valence-electron chi connectivity index (χ1n) is 17.5. The Morgan fingerprint density at radius 3 is 1.55 bits per heavy atom. The van der Waals surface area contributed by atoms with Crippen LogP contribution in [0.2, 0.25) is 0 Å². The van der Waals surface area contributed by atoms with Gasteiger partial charge in [0.15, 0.2) is 18.7 Å². The Hall–Kier alpha value is -1.46. The lowest BCUT2D eigenvalue weighted by Gasteiger charge is -2.47. The lowest BCUT2D eigenvalue weighted by Crippen LogP contribution is -2.65. The summed E-state index contributed by atoms with van der Waals surface area (Å²) in [6.45, 7) is 2.07. The highest BCUT2D eigenvalue weighted by molar-refractivity contribution is 5.85. The molecule has 4 aliphatic heterocycles. The monoisotopic (exact) mass is 676 g/mol. The summed E-state index contributed by atoms with van der Waals surface area (Å²) in [7, 11) is 0. The van der Waals surface area contributed by atoms with E-state index in [2.05, 4.69) is 0 Å². The van der Waals surface area contributed by atoms with Crippen LogP contribution in [0.1, 0.15) is 97.3 Å². The summed E-state index contributed by atoms with van der Waals surface area (Å²) >= 11 is 0. The van der Waals surface area contributed by atoms with E-state index in [-0.39, 0.29) is 6.10 Å². The second kappa shape index (κ2) is 18.5. The van der Waals surface area contributed by atoms with Crippen LogP contribution in [0.4, 0.5) is 0 Å². The van der Waals surface area contributed by atoms with Crippen molar-refractivity contribution in [3.8, 4) is 0 Å². The van der Waals surface area contributed by atoms with Gasteiger partial charge in [-0.3, -0.25) is 9.59 Å². The van der Waals surface area contributed by atoms with Crippen molar-refractivity contribution in [1.29, 1.82) is 0 Å². The molecule has 2 unspecified atom stereocenters. The Kier molecular flexibility index (Phi) is 15.1. The Balaban J connectivity index is 1.59. The molecular weight excluding hydrogens is 620 g/mol. The third kappa shape index (κ3) is 9.83. The van der Waals surface area contributed by atoms with Crippen molar-refractivity contribution in [2.24, 2.45) is 11.8 Å². The van der Waals surface area contributed by atoms with E-state index in [4.69, 9.17) is 28.4 Å². The number of carbonyl (C=O) groups excluding carboxylic acids is 2. The van der Waals surface area contributed by atoms with Gasteiger partial charge in [-0.2, -0.15) is 0 Å². The maximum Gasteiger partial charge on any atom is 0.314 e. The molecule has 14 atom stereocenters. The first-order valence-corrected chi connectivity index (χ1v) is 17.5. The second-order valence-electron chi connectivity index (χ2n) is 13.6. The molecule has 6 N–H and O–H groups in total. The average molecular weight is 677 g/mol. The van der Waals surface area contributed by atoms with Gasteiger partial charge in [0.25, 0.3) is 0 Å². The maximum absolute atomic E-state index is 13.7. The van der Waals surface area contributed by atoms with Crippen LogP contribution in [0.25, 0.3) is 0 Å². The number of aliphatic hydroxyl groups is 6. The number of carbonyl (C=O) groups is 2. The van der Waals surface area contributed by atoms with E-state index in [1.54, 1.807) is 6.92 Å². The van der Waals surface area contributed by atoms with E-state index in [1.807, 2.05) is 6.92 Å². The maximum atomic E-state index is 13.7. The van der Waals surface area contributed by atoms with E-state index >= 15 is 0 Å². The molecule has 4 fully saturated rings. The van der Waals surface area contributed by atoms with E-state index in [0.717, 1.165) is 57.8 Å². The molecular formula is C33H56O14. The average Bonchev–Trinajstić information content (AvgIpc) is 3.33. The summed E-state index contributed by atoms with van der Waals surface area (Å²) in [5.41, 5.74) is 0. The molecule has 0 amide bonds. The molecule has 14 heteroatoms. The third-order valence-electron chi connectivity index (χ3n) is 10.0. The zero-order chi connectivity index (χ0) is 34.1. The smallest absolute Gasteiger partial charge is 0.314 e. The van der Waals surface area contributed by atoms with Crippen molar-refractivity contribution in [3.05, 3.63) is 0 Å². The molecule has 272 valence electrons. The summed E-state index contributed by atoms with van der Waals surface area (Å²) in [6, 6.07) is 0. The number of ether oxygens (including phenoxy) is 6. The molecule has 4 saturated heterocycles. The minimum Gasteiger partial charge on any atom is -0.461 e. The highest BCUT2D eigenvalue weighted by atomic mass is 16.8. The second-order valence-corrected chi connectivity index (χ2v) is 13.6. The van der Waals surface area contributed by atoms with Crippen LogP contribution in [0.3, 0.4) is 0 Å². The van der Waals surface area contributed by atoms with Gasteiger partial charge in [-0.1, -0.05) is 71.1 Å². The number of rotatable bonds is 2. The molecule has 0 aliphatic carbocycles. The molecule has 0 aromatic heterocycles. The van der Waals surface area contributed by atoms with Crippen LogP contribution in [0.5, 0.6) is 0 Å². The van der Waals surface area contributed by atoms with Gasteiger partial charge in [-0.25, -0.2) is 0 Å². The van der Waals surface area contributed by atoms with Crippen LogP contribution >= 0.6 is 0 Å². The topological polar surface area (TPSA) is 211 Å². The summed E-state index contributed by atoms with van der Waals surface area (Å²) in [6.07, 6.45) is -3.82. The van der Waals surface area contributed by atoms with Crippen LogP contribution in [0, 0.1) is 11.8 Å². The minimum atomic E-state index is -1.80. The Labute approximate surface area is 276 Å². The summed E-state index contributed by atoms with van der Waals surface area (Å²) in [5, 5.41) is 63.2. The molecule has 0 radical (unpaired) electrons. The number of hydrogen-bond donors (Lipinski definition) is 6. The molecule has 4 heterocycles. The first-order chi connectivity index (χ1) is 22.6. The lowest BCUT2D eigenvalue weighted by molar-refractivity contribution is -0.371. The molecule has 0 bridgehead atoms. The highest BCUT2D eigenvalue weighted by Crippen LogP contribution is 2.36. The van der Waals surface area contributed by atoms with E-state index in [1.165, 1.54) is 12.8 Å². The Bertz CT molecular complexity index is 968. The summed E-state index contributed by atoms with van der Waals surface area (Å²) in [4.78, 5) is 26.2. The Morgan fingerprint density at radius 1 is 0.553 bits per heavy atom. The van der Waals surface area contributed by atoms with Crippen molar-refractivity contribution >= 4 is 11.9 Å². The number of hydrogen-bond acceptors (Lipinski definition) is 14. The number of aliphatic hydroxyl groups excluding tert-OH is 6. The zero-order valence-corrected chi connectivity index (χ0v) is 27.6. The van der Waals surface area contributed by atoms with Gasteiger partial charge in [0.05, 0.1) is 25.2 Å². The van der Waals surface area contributed by atoms with Crippen molar-refractivity contribution in [2.75, 3.05) is 13.2 Å². The van der Waals surface area contributed by atoms with Gasteiger partial charge in [0.1, 0.15) is 54.7 Å². The largest absolute Gasteiger partial charge is 0.461 e. The van der Waals surface area contributed by atoms with Crippen molar-refractivity contribution < 1.29 is 68.6 Å². The van der Waals surface area contributed by atoms with E-state index in [0.29, 0.717) is 12.8 Å². The van der Waals surface area contributed by atoms with E-state index in [9.17, 15) is 40.2 Å². The predicted molar refractivity (Wildman–Crippen MR) is 163 cm³/mol. The van der Waals surface area contributed by atoms with Gasteiger partial charge >= 0.3 is 11.9 Å². The van der Waals surface area contributed by atoms with Crippen molar-refractivity contribution in [3.63, 3.8) is 0 Å². The van der Waals surface area contributed by atoms with Crippen LogP contribution in [-0.2, 0) is 38.0 Å². The minimum absolute atomic E-state index is 0.366. The molecule has 0 spiro atoms. The molecule has 0 aromatic carbocycles.